The maximum Gasteiger partial charge on any atom is 0.389 e. The second-order valence-electron chi connectivity index (χ2n) is 3.99. The van der Waals surface area contributed by atoms with Crippen LogP contribution in [-0.4, -0.2) is 31.1 Å². The average Bonchev–Trinajstić information content (AvgIpc) is 2.36. The zero-order chi connectivity index (χ0) is 14.1. The molecule has 0 radical (unpaired) electrons. The van der Waals surface area contributed by atoms with Gasteiger partial charge in [0.1, 0.15) is 5.75 Å². The van der Waals surface area contributed by atoms with Gasteiger partial charge in [-0.05, 0) is 24.1 Å². The highest BCUT2D eigenvalue weighted by molar-refractivity contribution is 5.26. The molecular formula is C13H17F3O3. The van der Waals surface area contributed by atoms with Crippen LogP contribution in [0.5, 0.6) is 5.75 Å². The lowest BCUT2D eigenvalue weighted by Crippen LogP contribution is -2.09. The zero-order valence-electron chi connectivity index (χ0n) is 10.4. The van der Waals surface area contributed by atoms with Crippen LogP contribution < -0.4 is 4.74 Å². The first-order valence-corrected chi connectivity index (χ1v) is 5.98. The molecule has 0 spiro atoms. The fourth-order valence-electron chi connectivity index (χ4n) is 1.40. The lowest BCUT2D eigenvalue weighted by Gasteiger charge is -2.09. The monoisotopic (exact) mass is 278 g/mol. The first kappa shape index (κ1) is 15.8. The van der Waals surface area contributed by atoms with Crippen LogP contribution in [-0.2, 0) is 11.3 Å². The second kappa shape index (κ2) is 8.01. The summed E-state index contributed by atoms with van der Waals surface area (Å²) in [5.41, 5.74) is 0.913. The van der Waals surface area contributed by atoms with Crippen molar-refractivity contribution < 1.29 is 27.8 Å². The number of alkyl halides is 3. The highest BCUT2D eigenvalue weighted by atomic mass is 19.4. The van der Waals surface area contributed by atoms with Gasteiger partial charge in [-0.15, -0.1) is 0 Å². The van der Waals surface area contributed by atoms with E-state index in [1.54, 1.807) is 24.3 Å². The standard InChI is InChI=1S/C13H17F3O3/c14-13(15,16)6-1-8-19-12-4-2-11(3-5-12)10-18-9-7-17/h2-5,17H,1,6-10H2. The van der Waals surface area contributed by atoms with Crippen LogP contribution in [0.3, 0.4) is 0 Å². The second-order valence-corrected chi connectivity index (χ2v) is 3.99. The molecule has 0 fully saturated rings. The molecule has 0 aliphatic carbocycles. The minimum atomic E-state index is -4.13. The van der Waals surface area contributed by atoms with Crippen LogP contribution in [0.1, 0.15) is 18.4 Å². The van der Waals surface area contributed by atoms with Gasteiger partial charge in [0.05, 0.1) is 26.4 Å². The van der Waals surface area contributed by atoms with Crippen molar-refractivity contribution in [2.45, 2.75) is 25.6 Å². The maximum absolute atomic E-state index is 11.9. The number of hydrogen-bond acceptors (Lipinski definition) is 3. The summed E-state index contributed by atoms with van der Waals surface area (Å²) >= 11 is 0. The predicted molar refractivity (Wildman–Crippen MR) is 64.0 cm³/mol. The van der Waals surface area contributed by atoms with Gasteiger partial charge in [0, 0.05) is 6.42 Å². The van der Waals surface area contributed by atoms with Gasteiger partial charge < -0.3 is 14.6 Å². The van der Waals surface area contributed by atoms with Crippen LogP contribution in [0.25, 0.3) is 0 Å². The van der Waals surface area contributed by atoms with Crippen LogP contribution in [0.15, 0.2) is 24.3 Å². The molecule has 108 valence electrons. The fraction of sp³-hybridized carbons (Fsp3) is 0.538. The van der Waals surface area contributed by atoms with Crippen LogP contribution >= 0.6 is 0 Å². The SMILES string of the molecule is OCCOCc1ccc(OCCCC(F)(F)F)cc1. The van der Waals surface area contributed by atoms with Crippen molar-refractivity contribution >= 4 is 0 Å². The Balaban J connectivity index is 2.24. The van der Waals surface area contributed by atoms with E-state index in [1.807, 2.05) is 0 Å². The summed E-state index contributed by atoms with van der Waals surface area (Å²) < 4.78 is 46.0. The van der Waals surface area contributed by atoms with Gasteiger partial charge in [-0.3, -0.25) is 0 Å². The Labute approximate surface area is 110 Å². The van der Waals surface area contributed by atoms with E-state index in [1.165, 1.54) is 0 Å². The van der Waals surface area contributed by atoms with Crippen LogP contribution in [0, 0.1) is 0 Å². The van der Waals surface area contributed by atoms with Gasteiger partial charge in [0.15, 0.2) is 0 Å². The predicted octanol–water partition coefficient (Wildman–Crippen LogP) is 2.92. The van der Waals surface area contributed by atoms with Crippen LogP contribution in [0.2, 0.25) is 0 Å². The van der Waals surface area contributed by atoms with Crippen molar-refractivity contribution in [2.75, 3.05) is 19.8 Å². The number of hydrogen-bond donors (Lipinski definition) is 1. The number of aliphatic hydroxyl groups excluding tert-OH is 1. The summed E-state index contributed by atoms with van der Waals surface area (Å²) in [6.07, 6.45) is -5.01. The van der Waals surface area contributed by atoms with E-state index < -0.39 is 12.6 Å². The van der Waals surface area contributed by atoms with E-state index in [9.17, 15) is 13.2 Å². The van der Waals surface area contributed by atoms with E-state index in [0.29, 0.717) is 12.4 Å². The molecule has 1 rings (SSSR count). The molecular weight excluding hydrogens is 261 g/mol. The molecule has 0 aliphatic heterocycles. The Morgan fingerprint density at radius 1 is 1.05 bits per heavy atom. The van der Waals surface area contributed by atoms with Gasteiger partial charge in [0.2, 0.25) is 0 Å². The molecule has 0 bridgehead atoms. The summed E-state index contributed by atoms with van der Waals surface area (Å²) in [5.74, 6) is 0.535. The molecule has 0 saturated carbocycles. The molecule has 0 amide bonds. The number of aliphatic hydroxyl groups is 1. The fourth-order valence-corrected chi connectivity index (χ4v) is 1.40. The number of rotatable bonds is 8. The van der Waals surface area contributed by atoms with Crippen molar-refractivity contribution in [3.8, 4) is 5.75 Å². The highest BCUT2D eigenvalue weighted by Gasteiger charge is 2.26. The number of ether oxygens (including phenoxy) is 2. The Bertz CT molecular complexity index is 349. The van der Waals surface area contributed by atoms with Crippen molar-refractivity contribution in [1.82, 2.24) is 0 Å². The summed E-state index contributed by atoms with van der Waals surface area (Å²) in [6, 6.07) is 6.92. The highest BCUT2D eigenvalue weighted by Crippen LogP contribution is 2.21. The minimum absolute atomic E-state index is 0.0274. The molecule has 6 heteroatoms. The minimum Gasteiger partial charge on any atom is -0.494 e. The molecule has 1 aromatic rings. The number of benzene rings is 1. The summed E-state index contributed by atoms with van der Waals surface area (Å²) in [6.45, 7) is 0.672. The summed E-state index contributed by atoms with van der Waals surface area (Å²) in [4.78, 5) is 0. The normalized spacial score (nSPS) is 11.6. The van der Waals surface area contributed by atoms with Gasteiger partial charge in [-0.2, -0.15) is 13.2 Å². The average molecular weight is 278 g/mol. The third kappa shape index (κ3) is 7.69. The molecule has 19 heavy (non-hydrogen) atoms. The topological polar surface area (TPSA) is 38.7 Å². The van der Waals surface area contributed by atoms with Gasteiger partial charge in [-0.25, -0.2) is 0 Å². The lowest BCUT2D eigenvalue weighted by molar-refractivity contribution is -0.136. The zero-order valence-corrected chi connectivity index (χ0v) is 10.4. The molecule has 3 nitrogen and oxygen atoms in total. The third-order valence-corrected chi connectivity index (χ3v) is 2.30. The van der Waals surface area contributed by atoms with E-state index in [4.69, 9.17) is 14.6 Å². The summed E-state index contributed by atoms with van der Waals surface area (Å²) in [5, 5.41) is 8.54. The Morgan fingerprint density at radius 2 is 1.74 bits per heavy atom. The first-order valence-electron chi connectivity index (χ1n) is 5.98. The van der Waals surface area contributed by atoms with Crippen molar-refractivity contribution in [3.05, 3.63) is 29.8 Å². The quantitative estimate of drug-likeness (QED) is 0.743. The van der Waals surface area contributed by atoms with E-state index in [-0.39, 0.29) is 26.2 Å². The lowest BCUT2D eigenvalue weighted by atomic mass is 10.2. The molecule has 1 aromatic carbocycles. The van der Waals surface area contributed by atoms with Gasteiger partial charge in [0.25, 0.3) is 0 Å². The summed E-state index contributed by atoms with van der Waals surface area (Å²) in [7, 11) is 0. The molecule has 0 aliphatic rings. The van der Waals surface area contributed by atoms with Crippen molar-refractivity contribution in [3.63, 3.8) is 0 Å². The molecule has 1 N–H and O–H groups in total. The van der Waals surface area contributed by atoms with E-state index in [2.05, 4.69) is 0 Å². The van der Waals surface area contributed by atoms with E-state index >= 15 is 0 Å². The maximum atomic E-state index is 11.9. The Kier molecular flexibility index (Phi) is 6.66. The molecule has 0 heterocycles. The third-order valence-electron chi connectivity index (χ3n) is 2.30. The first-order chi connectivity index (χ1) is 9.01. The van der Waals surface area contributed by atoms with E-state index in [0.717, 1.165) is 5.56 Å². The molecule has 0 saturated heterocycles. The van der Waals surface area contributed by atoms with Crippen molar-refractivity contribution in [2.24, 2.45) is 0 Å². The Hall–Kier alpha value is -1.27. The molecule has 0 unspecified atom stereocenters. The smallest absolute Gasteiger partial charge is 0.389 e. The molecule has 0 atom stereocenters. The largest absolute Gasteiger partial charge is 0.494 e. The number of halogens is 3. The Morgan fingerprint density at radius 3 is 2.32 bits per heavy atom. The van der Waals surface area contributed by atoms with Gasteiger partial charge in [-0.1, -0.05) is 12.1 Å². The van der Waals surface area contributed by atoms with Crippen LogP contribution in [0.4, 0.5) is 13.2 Å². The van der Waals surface area contributed by atoms with Gasteiger partial charge >= 0.3 is 6.18 Å². The van der Waals surface area contributed by atoms with Crippen molar-refractivity contribution in [1.29, 1.82) is 0 Å². The molecule has 0 aromatic heterocycles.